The summed E-state index contributed by atoms with van der Waals surface area (Å²) in [5.41, 5.74) is -0.528. The second-order valence-corrected chi connectivity index (χ2v) is 11.1. The van der Waals surface area contributed by atoms with Gasteiger partial charge in [-0.05, 0) is 107 Å². The Morgan fingerprint density at radius 1 is 1.03 bits per heavy atom. The summed E-state index contributed by atoms with van der Waals surface area (Å²) in [4.78, 5) is 25.8. The lowest BCUT2D eigenvalue weighted by Crippen LogP contribution is -2.60. The van der Waals surface area contributed by atoms with Crippen LogP contribution in [0.2, 0.25) is 0 Å². The molecule has 8 atom stereocenters. The molecule has 0 spiro atoms. The highest BCUT2D eigenvalue weighted by Gasteiger charge is 2.62. The summed E-state index contributed by atoms with van der Waals surface area (Å²) in [5, 5.41) is 10.7. The molecular formula is C25H40O4. The molecule has 0 radical (unpaired) electrons. The number of fused-ring (bicyclic) bond motifs is 5. The summed E-state index contributed by atoms with van der Waals surface area (Å²) >= 11 is 0. The Hall–Kier alpha value is -0.900. The molecular weight excluding hydrogens is 364 g/mol. The van der Waals surface area contributed by atoms with E-state index in [0.29, 0.717) is 42.1 Å². The molecule has 164 valence electrons. The first-order valence-electron chi connectivity index (χ1n) is 12.1. The van der Waals surface area contributed by atoms with Gasteiger partial charge in [0.1, 0.15) is 5.92 Å². The number of carbonyl (C=O) groups excluding carboxylic acids is 2. The highest BCUT2D eigenvalue weighted by molar-refractivity contribution is 6.02. The molecule has 0 bridgehead atoms. The highest BCUT2D eigenvalue weighted by Crippen LogP contribution is 2.67. The molecule has 4 fully saturated rings. The largest absolute Gasteiger partial charge is 0.465 e. The first kappa shape index (κ1) is 21.3. The maximum Gasteiger partial charge on any atom is 0.316 e. The van der Waals surface area contributed by atoms with Crippen LogP contribution in [0.3, 0.4) is 0 Å². The number of esters is 1. The van der Waals surface area contributed by atoms with Crippen LogP contribution in [0.5, 0.6) is 0 Å². The summed E-state index contributed by atoms with van der Waals surface area (Å²) < 4.78 is 5.22. The van der Waals surface area contributed by atoms with Crippen LogP contribution in [0.25, 0.3) is 0 Å². The number of rotatable bonds is 3. The lowest BCUT2D eigenvalue weighted by molar-refractivity contribution is -0.178. The van der Waals surface area contributed by atoms with Crippen LogP contribution in [0.1, 0.15) is 91.9 Å². The molecule has 4 saturated carbocycles. The lowest BCUT2D eigenvalue weighted by Gasteiger charge is -2.64. The molecule has 0 aromatic carbocycles. The van der Waals surface area contributed by atoms with Gasteiger partial charge in [-0.1, -0.05) is 13.8 Å². The number of hydrogen-bond acceptors (Lipinski definition) is 4. The predicted molar refractivity (Wildman–Crippen MR) is 112 cm³/mol. The third-order valence-electron chi connectivity index (χ3n) is 9.92. The monoisotopic (exact) mass is 404 g/mol. The van der Waals surface area contributed by atoms with Gasteiger partial charge in [0.2, 0.25) is 0 Å². The molecule has 0 heterocycles. The first-order chi connectivity index (χ1) is 13.7. The van der Waals surface area contributed by atoms with Gasteiger partial charge >= 0.3 is 5.97 Å². The molecule has 1 unspecified atom stereocenters. The minimum Gasteiger partial charge on any atom is -0.465 e. The average molecular weight is 405 g/mol. The van der Waals surface area contributed by atoms with Crippen LogP contribution in [0.15, 0.2) is 0 Å². The molecule has 0 aliphatic heterocycles. The van der Waals surface area contributed by atoms with Gasteiger partial charge in [-0.3, -0.25) is 9.59 Å². The van der Waals surface area contributed by atoms with E-state index in [1.54, 1.807) is 0 Å². The van der Waals surface area contributed by atoms with E-state index in [4.69, 9.17) is 4.74 Å². The molecule has 29 heavy (non-hydrogen) atoms. The van der Waals surface area contributed by atoms with Gasteiger partial charge in [-0.25, -0.2) is 0 Å². The molecule has 0 aromatic rings. The third-order valence-corrected chi connectivity index (χ3v) is 9.92. The van der Waals surface area contributed by atoms with Gasteiger partial charge in [0.25, 0.3) is 0 Å². The molecule has 0 saturated heterocycles. The van der Waals surface area contributed by atoms with Crippen LogP contribution >= 0.6 is 0 Å². The van der Waals surface area contributed by atoms with E-state index in [2.05, 4.69) is 13.8 Å². The van der Waals surface area contributed by atoms with Crippen LogP contribution in [-0.4, -0.2) is 29.1 Å². The normalized spacial score (nSPS) is 49.6. The number of aliphatic hydroxyl groups is 1. The number of Topliss-reactive ketones (excluding diaryl/α,β-unsaturated/α-hetero) is 1. The van der Waals surface area contributed by atoms with Gasteiger partial charge in [-0.15, -0.1) is 0 Å². The number of hydrogen-bond donors (Lipinski definition) is 1. The fourth-order valence-corrected chi connectivity index (χ4v) is 8.45. The maximum absolute atomic E-state index is 13.5. The molecule has 4 aliphatic rings. The van der Waals surface area contributed by atoms with Gasteiger partial charge in [-0.2, -0.15) is 0 Å². The maximum atomic E-state index is 13.5. The van der Waals surface area contributed by atoms with Crippen molar-refractivity contribution < 1.29 is 19.4 Å². The van der Waals surface area contributed by atoms with Crippen molar-refractivity contribution in [3.8, 4) is 0 Å². The minimum atomic E-state index is -0.547. The van der Waals surface area contributed by atoms with Crippen molar-refractivity contribution in [2.24, 2.45) is 40.4 Å². The Balaban J connectivity index is 1.59. The van der Waals surface area contributed by atoms with Gasteiger partial charge in [0, 0.05) is 5.41 Å². The Morgan fingerprint density at radius 2 is 1.79 bits per heavy atom. The molecule has 0 aromatic heterocycles. The Labute approximate surface area is 176 Å². The molecule has 4 nitrogen and oxygen atoms in total. The summed E-state index contributed by atoms with van der Waals surface area (Å²) in [7, 11) is 0. The average Bonchev–Trinajstić information content (AvgIpc) is 2.68. The van der Waals surface area contributed by atoms with Crippen molar-refractivity contribution in [2.45, 2.75) is 97.5 Å². The molecule has 0 amide bonds. The first-order valence-corrected chi connectivity index (χ1v) is 12.1. The van der Waals surface area contributed by atoms with Crippen molar-refractivity contribution >= 4 is 11.8 Å². The van der Waals surface area contributed by atoms with Crippen LogP contribution < -0.4 is 0 Å². The van der Waals surface area contributed by atoms with Crippen molar-refractivity contribution in [2.75, 3.05) is 6.61 Å². The van der Waals surface area contributed by atoms with Crippen molar-refractivity contribution in [1.29, 1.82) is 0 Å². The Morgan fingerprint density at radius 3 is 2.48 bits per heavy atom. The smallest absolute Gasteiger partial charge is 0.316 e. The summed E-state index contributed by atoms with van der Waals surface area (Å²) in [5.74, 6) is 1.61. The molecule has 4 heteroatoms. The van der Waals surface area contributed by atoms with Crippen molar-refractivity contribution in [1.82, 2.24) is 0 Å². The second-order valence-electron chi connectivity index (χ2n) is 11.1. The van der Waals surface area contributed by atoms with Crippen LogP contribution in [0, 0.1) is 40.4 Å². The molecule has 4 rings (SSSR count). The Bertz CT molecular complexity index is 670. The van der Waals surface area contributed by atoms with Crippen LogP contribution in [0.4, 0.5) is 0 Å². The van der Waals surface area contributed by atoms with E-state index in [0.717, 1.165) is 38.5 Å². The second kappa shape index (κ2) is 7.35. The zero-order chi connectivity index (χ0) is 21.0. The van der Waals surface area contributed by atoms with Crippen molar-refractivity contribution in [3.05, 3.63) is 0 Å². The number of ketones is 1. The molecule has 4 aliphatic carbocycles. The highest BCUT2D eigenvalue weighted by atomic mass is 16.5. The quantitative estimate of drug-likeness (QED) is 0.536. The SMILES string of the molecule is CCOC(=O)C1CC[C@H]2[C@@H]3CC[C@@H]4C[C@](C)(O)CC[C@]4(CC)[C@H]3CC[C@]2(C)C1=O. The summed E-state index contributed by atoms with van der Waals surface area (Å²) in [6.45, 7) is 8.68. The number of carbonyl (C=O) groups is 2. The van der Waals surface area contributed by atoms with Gasteiger partial charge in [0.05, 0.1) is 12.2 Å². The van der Waals surface area contributed by atoms with Crippen LogP contribution in [-0.2, 0) is 14.3 Å². The Kier molecular flexibility index (Phi) is 5.41. The summed E-state index contributed by atoms with van der Waals surface area (Å²) in [6.07, 6.45) is 10.2. The van der Waals surface area contributed by atoms with E-state index in [9.17, 15) is 14.7 Å². The van der Waals surface area contributed by atoms with Gasteiger partial charge in [0.15, 0.2) is 5.78 Å². The van der Waals surface area contributed by atoms with E-state index >= 15 is 0 Å². The third kappa shape index (κ3) is 3.20. The fourth-order valence-electron chi connectivity index (χ4n) is 8.45. The fraction of sp³-hybridized carbons (Fsp3) is 0.920. The minimum absolute atomic E-state index is 0.157. The van der Waals surface area contributed by atoms with E-state index in [-0.39, 0.29) is 17.2 Å². The topological polar surface area (TPSA) is 63.6 Å². The van der Waals surface area contributed by atoms with E-state index in [1.165, 1.54) is 19.3 Å². The summed E-state index contributed by atoms with van der Waals surface area (Å²) in [6, 6.07) is 0. The standard InChI is InChI=1S/C25H40O4/c1-5-25-14-13-23(3,28)15-16(25)7-8-17-19-10-9-18(22(27)29-6-2)21(26)24(19,4)12-11-20(17)25/h16-20,28H,5-15H2,1-4H3/t16-,17+,18?,19+,20+,23-,24+,25+/m1/s1. The van der Waals surface area contributed by atoms with E-state index < -0.39 is 11.5 Å². The van der Waals surface area contributed by atoms with E-state index in [1.807, 2.05) is 13.8 Å². The lowest BCUT2D eigenvalue weighted by atomic mass is 9.41. The predicted octanol–water partition coefficient (Wildman–Crippen LogP) is 4.92. The van der Waals surface area contributed by atoms with Gasteiger partial charge < -0.3 is 9.84 Å². The zero-order valence-electron chi connectivity index (χ0n) is 18.8. The molecule has 1 N–H and O–H groups in total. The number of ether oxygens (including phenoxy) is 1. The zero-order valence-corrected chi connectivity index (χ0v) is 18.8. The van der Waals surface area contributed by atoms with Crippen molar-refractivity contribution in [3.63, 3.8) is 0 Å².